The molecule has 370 valence electrons. The van der Waals surface area contributed by atoms with Crippen molar-refractivity contribution < 1.29 is 53.1 Å². The van der Waals surface area contributed by atoms with Gasteiger partial charge in [0.25, 0.3) is 0 Å². The van der Waals surface area contributed by atoms with E-state index in [4.69, 9.17) is 20.1 Å². The molecule has 4 saturated carbocycles. The first-order chi connectivity index (χ1) is 31.6. The van der Waals surface area contributed by atoms with Crippen LogP contribution in [-0.2, 0) is 49.3 Å². The third kappa shape index (κ3) is 12.0. The van der Waals surface area contributed by atoms with Crippen LogP contribution in [0.4, 0.5) is 0 Å². The minimum atomic E-state index is -1.51. The minimum Gasteiger partial charge on any atom is -0.481 e. The predicted octanol–water partition coefficient (Wildman–Crippen LogP) is 3.84. The van der Waals surface area contributed by atoms with E-state index in [1.54, 1.807) is 27.7 Å². The molecule has 17 nitrogen and oxygen atoms in total. The summed E-state index contributed by atoms with van der Waals surface area (Å²) in [5, 5.41) is 29.4. The molecule has 0 aromatic heterocycles. The van der Waals surface area contributed by atoms with Crippen LogP contribution in [0.5, 0.6) is 0 Å². The molecule has 2 aliphatic heterocycles. The Hall–Kier alpha value is -4.55. The third-order valence-corrected chi connectivity index (χ3v) is 15.8. The largest absolute Gasteiger partial charge is 0.481 e. The highest BCUT2D eigenvalue weighted by molar-refractivity contribution is 6.48. The Balaban J connectivity index is 1.14. The number of carbonyl (C=O) groups is 7. The minimum absolute atomic E-state index is 0.0839. The molecule has 1 aromatic rings. The van der Waals surface area contributed by atoms with Gasteiger partial charge in [-0.1, -0.05) is 85.1 Å². The maximum Gasteiger partial charge on any atom is 0.481 e. The van der Waals surface area contributed by atoms with Gasteiger partial charge in [-0.15, -0.1) is 0 Å². The number of benzene rings is 1. The first-order valence-corrected chi connectivity index (χ1v) is 24.7. The number of nitrogens with two attached hydrogens (primary N) is 1. The predicted molar refractivity (Wildman–Crippen MR) is 250 cm³/mol. The van der Waals surface area contributed by atoms with Crippen molar-refractivity contribution in [3.05, 3.63) is 35.4 Å². The van der Waals surface area contributed by atoms with Crippen LogP contribution >= 0.6 is 0 Å². The molecule has 7 rings (SSSR count). The van der Waals surface area contributed by atoms with E-state index in [0.717, 1.165) is 18.4 Å². The molecule has 0 unspecified atom stereocenters. The fourth-order valence-corrected chi connectivity index (χ4v) is 11.5. The van der Waals surface area contributed by atoms with Gasteiger partial charge >= 0.3 is 19.1 Å². The summed E-state index contributed by atoms with van der Waals surface area (Å²) in [5.74, 6) is -5.88. The zero-order chi connectivity index (χ0) is 49.0. The van der Waals surface area contributed by atoms with Gasteiger partial charge in [-0.2, -0.15) is 0 Å². The van der Waals surface area contributed by atoms with Crippen molar-refractivity contribution in [3.63, 3.8) is 0 Å². The highest BCUT2D eigenvalue weighted by atomic mass is 16.7. The zero-order valence-electron chi connectivity index (χ0n) is 40.5. The van der Waals surface area contributed by atoms with E-state index in [9.17, 15) is 38.7 Å². The van der Waals surface area contributed by atoms with Gasteiger partial charge in [0.1, 0.15) is 24.2 Å². The van der Waals surface area contributed by atoms with Gasteiger partial charge in [-0.05, 0) is 111 Å². The topological polar surface area (TPSA) is 256 Å². The second kappa shape index (κ2) is 21.8. The summed E-state index contributed by atoms with van der Waals surface area (Å²) in [7, 11) is -0.675. The number of amides is 5. The summed E-state index contributed by atoms with van der Waals surface area (Å²) >= 11 is 0. The normalized spacial score (nSPS) is 26.7. The third-order valence-electron chi connectivity index (χ3n) is 15.8. The van der Waals surface area contributed by atoms with Crippen LogP contribution in [0.15, 0.2) is 24.3 Å². The molecule has 0 radical (unpaired) electrons. The van der Waals surface area contributed by atoms with Crippen LogP contribution in [0.1, 0.15) is 149 Å². The van der Waals surface area contributed by atoms with Gasteiger partial charge in [0.15, 0.2) is 0 Å². The van der Waals surface area contributed by atoms with Crippen molar-refractivity contribution in [1.82, 2.24) is 26.2 Å². The summed E-state index contributed by atoms with van der Waals surface area (Å²) < 4.78 is 13.7. The van der Waals surface area contributed by atoms with Crippen LogP contribution in [0.25, 0.3) is 0 Å². The van der Waals surface area contributed by atoms with Crippen LogP contribution in [-0.4, -0.2) is 118 Å². The Kier molecular flexibility index (Phi) is 16.9. The molecular weight excluding hydrogens is 859 g/mol. The van der Waals surface area contributed by atoms with Crippen molar-refractivity contribution >= 4 is 48.6 Å². The fraction of sp³-hybridized carbons (Fsp3) is 0.735. The quantitative estimate of drug-likeness (QED) is 0.0869. The molecule has 1 aromatic carbocycles. The van der Waals surface area contributed by atoms with Crippen LogP contribution in [0.2, 0.25) is 0 Å². The number of carbonyl (C=O) groups excluding carboxylic acids is 5. The highest BCUT2D eigenvalue weighted by Crippen LogP contribution is 2.65. The average molecular weight is 935 g/mol. The zero-order valence-corrected chi connectivity index (χ0v) is 40.5. The lowest BCUT2D eigenvalue weighted by Gasteiger charge is -2.64. The summed E-state index contributed by atoms with van der Waals surface area (Å²) in [5.41, 5.74) is 7.88. The smallest absolute Gasteiger partial charge is 0.481 e. The standard InChI is InChI=1S/C49H75BN6O11/c1-27(2)41(54-44(62)34(20-22-39(57)58)52-43(61)33(51)26-40(59)60)46(64)55-42(28(3)4)47(65)56-23-11-14-35(56)45(63)53-38(21-17-29-15-18-31(19-16-29)30-12-9-8-10-13-30)50-66-37-25-32-24-36(48(32,5)6)49(37,7)67-50/h15-16,18-19,27-28,30,32-38,41-42H,8-14,17,20-26,51H2,1-7H3,(H,52,61)(H,53,63)(H,54,62)(H,55,64)(H,57,58)(H,59,60)/t32-,33-,34-,35-,36-,37-,38-,41-,42-,49+/m0/s1. The second-order valence-electron chi connectivity index (χ2n) is 21.4. The number of nitrogens with one attached hydrogen (secondary N) is 4. The average Bonchev–Trinajstić information content (AvgIpc) is 3.92. The Morgan fingerprint density at radius 2 is 1.45 bits per heavy atom. The summed E-state index contributed by atoms with van der Waals surface area (Å²) in [6.07, 6.45) is 8.81. The number of nitrogens with zero attached hydrogens (tertiary/aromatic N) is 1. The maximum atomic E-state index is 14.5. The van der Waals surface area contributed by atoms with Crippen molar-refractivity contribution in [3.8, 4) is 0 Å². The number of hydrogen-bond donors (Lipinski definition) is 7. The maximum absolute atomic E-state index is 14.5. The van der Waals surface area contributed by atoms with Gasteiger partial charge in [-0.3, -0.25) is 33.6 Å². The lowest BCUT2D eigenvalue weighted by Crippen LogP contribution is -2.65. The van der Waals surface area contributed by atoms with Crippen molar-refractivity contribution in [1.29, 1.82) is 0 Å². The molecule has 0 spiro atoms. The lowest BCUT2D eigenvalue weighted by atomic mass is 9.43. The van der Waals surface area contributed by atoms with E-state index in [0.29, 0.717) is 50.0 Å². The van der Waals surface area contributed by atoms with Crippen molar-refractivity contribution in [2.75, 3.05) is 6.54 Å². The number of rotatable bonds is 21. The molecule has 10 atom stereocenters. The van der Waals surface area contributed by atoms with E-state index >= 15 is 0 Å². The van der Waals surface area contributed by atoms with Gasteiger partial charge in [0.05, 0.1) is 30.1 Å². The van der Waals surface area contributed by atoms with Gasteiger partial charge in [-0.25, -0.2) is 0 Å². The highest BCUT2D eigenvalue weighted by Gasteiger charge is 2.68. The monoisotopic (exact) mass is 935 g/mol. The van der Waals surface area contributed by atoms with E-state index in [-0.39, 0.29) is 23.8 Å². The molecule has 67 heavy (non-hydrogen) atoms. The van der Waals surface area contributed by atoms with Crippen LogP contribution < -0.4 is 27.0 Å². The van der Waals surface area contributed by atoms with E-state index < -0.39 is 109 Å². The molecular formula is C49H75BN6O11. The number of hydrogen-bond acceptors (Lipinski definition) is 10. The Morgan fingerprint density at radius 1 is 0.791 bits per heavy atom. The number of carboxylic acids is 2. The second-order valence-corrected chi connectivity index (χ2v) is 21.4. The number of carboxylic acid groups (broad SMARTS) is 2. The summed E-state index contributed by atoms with van der Waals surface area (Å²) in [6.45, 7) is 14.0. The first-order valence-electron chi connectivity index (χ1n) is 24.7. The van der Waals surface area contributed by atoms with Gasteiger partial charge in [0.2, 0.25) is 29.5 Å². The van der Waals surface area contributed by atoms with E-state index in [2.05, 4.69) is 66.3 Å². The molecule has 4 aliphatic carbocycles. The number of aliphatic carboxylic acids is 2. The van der Waals surface area contributed by atoms with Crippen molar-refractivity contribution in [2.45, 2.75) is 192 Å². The molecule has 2 saturated heterocycles. The van der Waals surface area contributed by atoms with Gasteiger partial charge < -0.3 is 51.4 Å². The molecule has 2 bridgehead atoms. The summed E-state index contributed by atoms with van der Waals surface area (Å²) in [4.78, 5) is 93.4. The number of aryl methyl sites for hydroxylation is 1. The number of likely N-dealkylation sites (tertiary alicyclic amines) is 1. The first kappa shape index (κ1) is 51.8. The Morgan fingerprint density at radius 3 is 2.06 bits per heavy atom. The fourth-order valence-electron chi connectivity index (χ4n) is 11.5. The van der Waals surface area contributed by atoms with Crippen LogP contribution in [0, 0.1) is 29.1 Å². The Labute approximate surface area is 395 Å². The molecule has 6 fully saturated rings. The van der Waals surface area contributed by atoms with E-state index in [1.807, 2.05) is 0 Å². The Bertz CT molecular complexity index is 1980. The molecule has 5 amide bonds. The SMILES string of the molecule is CC(C)[C@H](NC(=O)[C@H](CCC(=O)O)NC(=O)[C@@H](N)CC(=O)O)C(=O)N[C@H](C(=O)N1CCC[C@H]1C(=O)N[C@@H](CCc1ccc(C2CCCCC2)cc1)B1O[C@H]2C[C@@H]3C[C@@H](C3(C)C)[C@@]2(C)O1)C(C)C. The lowest BCUT2D eigenvalue weighted by molar-refractivity contribution is -0.199. The van der Waals surface area contributed by atoms with E-state index in [1.165, 1.54) is 42.6 Å². The molecule has 6 aliphatic rings. The summed E-state index contributed by atoms with van der Waals surface area (Å²) in [6, 6.07) is 2.80. The molecule has 18 heteroatoms. The van der Waals surface area contributed by atoms with Crippen molar-refractivity contribution in [2.24, 2.45) is 34.8 Å². The molecule has 2 heterocycles. The van der Waals surface area contributed by atoms with Crippen LogP contribution in [0.3, 0.4) is 0 Å². The molecule has 8 N–H and O–H groups in total. The van der Waals surface area contributed by atoms with Gasteiger partial charge in [0, 0.05) is 13.0 Å².